The second-order valence-electron chi connectivity index (χ2n) is 10.8. The fourth-order valence-electron chi connectivity index (χ4n) is 5.68. The van der Waals surface area contributed by atoms with Crippen molar-refractivity contribution in [2.75, 3.05) is 30.3 Å². The number of nitrogens with two attached hydrogens (primary N) is 1. The van der Waals surface area contributed by atoms with Crippen molar-refractivity contribution in [2.24, 2.45) is 5.41 Å². The monoisotopic (exact) mass is 663 g/mol. The van der Waals surface area contributed by atoms with E-state index in [2.05, 4.69) is 15.3 Å². The number of benzene rings is 2. The average Bonchev–Trinajstić information content (AvgIpc) is 3.34. The van der Waals surface area contributed by atoms with Crippen molar-refractivity contribution >= 4 is 40.9 Å². The number of ether oxygens (including phenoxy) is 1. The van der Waals surface area contributed by atoms with Gasteiger partial charge in [-0.25, -0.2) is 0 Å². The van der Waals surface area contributed by atoms with E-state index in [0.717, 1.165) is 18.2 Å². The predicted octanol–water partition coefficient (Wildman–Crippen LogP) is 6.77. The van der Waals surface area contributed by atoms with Gasteiger partial charge >= 0.3 is 18.3 Å². The number of halogens is 8. The summed E-state index contributed by atoms with van der Waals surface area (Å²) in [6.07, 6.45) is -10.7. The topological polar surface area (TPSA) is 114 Å². The van der Waals surface area contributed by atoms with Gasteiger partial charge in [0.05, 0.1) is 10.6 Å². The summed E-state index contributed by atoms with van der Waals surface area (Å²) in [4.78, 5) is 21.2. The maximum atomic E-state index is 14.5. The molecule has 0 radical (unpaired) electrons. The van der Waals surface area contributed by atoms with Gasteiger partial charge in [-0.3, -0.25) is 4.79 Å². The smallest absolute Gasteiger partial charge is 0.429 e. The molecule has 5 rings (SSSR count). The molecule has 2 aromatic carbocycles. The van der Waals surface area contributed by atoms with E-state index in [1.165, 1.54) is 18.2 Å². The summed E-state index contributed by atoms with van der Waals surface area (Å²) in [7, 11) is 0. The number of aliphatic carboxylic acids is 1. The third-order valence-corrected chi connectivity index (χ3v) is 8.48. The maximum absolute atomic E-state index is 14.5. The minimum Gasteiger partial charge on any atom is -0.480 e. The van der Waals surface area contributed by atoms with Crippen molar-refractivity contribution in [3.63, 3.8) is 0 Å². The fourth-order valence-corrected chi connectivity index (χ4v) is 6.14. The number of piperidine rings is 1. The lowest BCUT2D eigenvalue weighted by Crippen LogP contribution is -2.41. The van der Waals surface area contributed by atoms with Gasteiger partial charge in [-0.2, -0.15) is 36.3 Å². The molecule has 3 aromatic rings. The van der Waals surface area contributed by atoms with E-state index in [9.17, 15) is 36.2 Å². The average molecular weight is 664 g/mol. The molecule has 0 unspecified atom stereocenters. The van der Waals surface area contributed by atoms with Crippen LogP contribution in [-0.4, -0.2) is 52.9 Å². The molecule has 2 aliphatic heterocycles. The molecule has 2 aliphatic rings. The molecule has 236 valence electrons. The first kappa shape index (κ1) is 31.9. The molecule has 8 nitrogen and oxygen atoms in total. The van der Waals surface area contributed by atoms with Crippen LogP contribution in [0.4, 0.5) is 38.1 Å². The molecule has 0 amide bonds. The van der Waals surface area contributed by atoms with Crippen molar-refractivity contribution in [2.45, 2.75) is 43.8 Å². The third kappa shape index (κ3) is 6.76. The number of carbonyl (C=O) groups is 1. The highest BCUT2D eigenvalue weighted by Crippen LogP contribution is 2.45. The van der Waals surface area contributed by atoms with Crippen LogP contribution >= 0.6 is 23.2 Å². The standard InChI is InChI=1S/C28H25Cl2F6N5O3/c29-15-2-3-16(17(10-15)14-1-4-18(19(30)9-14)27(31,32)33)23(28(34,35)36)44-22-11-21(39-25(37)40-22)41-7-5-26(6-8-41)12-20(24(42)43)38-13-26/h1-4,9-11,20,23,38H,5-8,12-13H2,(H,42,43)(H2,37,39,40)/t20-,23+/m0/s1. The number of rotatable bonds is 6. The minimum atomic E-state index is -5.01. The van der Waals surface area contributed by atoms with E-state index in [1.807, 2.05) is 4.90 Å². The number of carboxylic acid groups (broad SMARTS) is 1. The molecule has 3 heterocycles. The Hall–Kier alpha value is -3.49. The number of aromatic nitrogens is 2. The van der Waals surface area contributed by atoms with Crippen LogP contribution in [0.1, 0.15) is 36.5 Å². The number of carboxylic acids is 1. The zero-order valence-electron chi connectivity index (χ0n) is 22.6. The first-order valence-corrected chi connectivity index (χ1v) is 14.1. The minimum absolute atomic E-state index is 0.0317. The van der Waals surface area contributed by atoms with Crippen LogP contribution in [0, 0.1) is 5.41 Å². The molecular weight excluding hydrogens is 639 g/mol. The molecule has 0 saturated carbocycles. The van der Waals surface area contributed by atoms with Gasteiger partial charge in [0.25, 0.3) is 0 Å². The number of alkyl halides is 6. The quantitative estimate of drug-likeness (QED) is 0.248. The first-order chi connectivity index (χ1) is 20.5. The zero-order chi connectivity index (χ0) is 32.0. The second kappa shape index (κ2) is 11.8. The predicted molar refractivity (Wildman–Crippen MR) is 151 cm³/mol. The van der Waals surface area contributed by atoms with Crippen molar-refractivity contribution in [3.8, 4) is 17.0 Å². The van der Waals surface area contributed by atoms with E-state index in [4.69, 9.17) is 33.7 Å². The Balaban J connectivity index is 1.43. The van der Waals surface area contributed by atoms with Crippen LogP contribution in [0.2, 0.25) is 10.0 Å². The number of hydrogen-bond acceptors (Lipinski definition) is 7. The Morgan fingerprint density at radius 3 is 2.36 bits per heavy atom. The molecule has 44 heavy (non-hydrogen) atoms. The molecule has 4 N–H and O–H groups in total. The van der Waals surface area contributed by atoms with Crippen LogP contribution in [-0.2, 0) is 11.0 Å². The summed E-state index contributed by atoms with van der Waals surface area (Å²) in [6.45, 7) is 1.43. The van der Waals surface area contributed by atoms with Gasteiger partial charge in [0.2, 0.25) is 17.9 Å². The molecule has 0 aliphatic carbocycles. The number of anilines is 2. The molecule has 1 spiro atoms. The molecule has 16 heteroatoms. The van der Waals surface area contributed by atoms with Crippen molar-refractivity contribution < 1.29 is 41.0 Å². The number of nitrogens with zero attached hydrogens (tertiary/aromatic N) is 3. The Bertz CT molecular complexity index is 1560. The van der Waals surface area contributed by atoms with Crippen LogP contribution in [0.3, 0.4) is 0 Å². The lowest BCUT2D eigenvalue weighted by atomic mass is 9.76. The summed E-state index contributed by atoms with van der Waals surface area (Å²) >= 11 is 11.9. The SMILES string of the molecule is Nc1nc(O[C@H](c2ccc(Cl)cc2-c2ccc(C(F)(F)F)c(Cl)c2)C(F)(F)F)cc(N2CCC3(CC2)CN[C@H](C(=O)O)C3)n1. The Morgan fingerprint density at radius 2 is 1.77 bits per heavy atom. The van der Waals surface area contributed by atoms with Gasteiger partial charge in [0.1, 0.15) is 11.9 Å². The maximum Gasteiger partial charge on any atom is 0.429 e. The van der Waals surface area contributed by atoms with Crippen LogP contribution in [0.25, 0.3) is 11.1 Å². The summed E-state index contributed by atoms with van der Waals surface area (Å²) in [5.74, 6) is -1.50. The van der Waals surface area contributed by atoms with E-state index in [-0.39, 0.29) is 33.3 Å². The van der Waals surface area contributed by atoms with Gasteiger partial charge in [0, 0.05) is 36.3 Å². The third-order valence-electron chi connectivity index (χ3n) is 7.93. The molecule has 0 bridgehead atoms. The molecular formula is C28H25Cl2F6N5O3. The number of nitrogens with one attached hydrogen (secondary N) is 1. The highest BCUT2D eigenvalue weighted by Gasteiger charge is 2.46. The van der Waals surface area contributed by atoms with Gasteiger partial charge in [-0.15, -0.1) is 0 Å². The highest BCUT2D eigenvalue weighted by atomic mass is 35.5. The summed E-state index contributed by atoms with van der Waals surface area (Å²) in [5, 5.41) is 11.7. The lowest BCUT2D eigenvalue weighted by molar-refractivity contribution is -0.198. The molecule has 2 fully saturated rings. The highest BCUT2D eigenvalue weighted by molar-refractivity contribution is 6.32. The fraction of sp³-hybridized carbons (Fsp3) is 0.393. The van der Waals surface area contributed by atoms with Crippen LogP contribution in [0.5, 0.6) is 5.88 Å². The van der Waals surface area contributed by atoms with Gasteiger partial charge in [-0.05, 0) is 60.1 Å². The first-order valence-electron chi connectivity index (χ1n) is 13.3. The zero-order valence-corrected chi connectivity index (χ0v) is 24.2. The van der Waals surface area contributed by atoms with Gasteiger partial charge in [0.15, 0.2) is 0 Å². The van der Waals surface area contributed by atoms with E-state index < -0.39 is 52.5 Å². The summed E-state index contributed by atoms with van der Waals surface area (Å²) in [6, 6.07) is 6.62. The van der Waals surface area contributed by atoms with Crippen molar-refractivity contribution in [3.05, 3.63) is 63.6 Å². The van der Waals surface area contributed by atoms with Gasteiger partial charge in [-0.1, -0.05) is 35.3 Å². The van der Waals surface area contributed by atoms with Gasteiger partial charge < -0.3 is 25.8 Å². The number of nitrogen functional groups attached to an aromatic ring is 1. The summed E-state index contributed by atoms with van der Waals surface area (Å²) < 4.78 is 88.8. The van der Waals surface area contributed by atoms with Crippen LogP contribution in [0.15, 0.2) is 42.5 Å². The molecule has 1 aromatic heterocycles. The second-order valence-corrected chi connectivity index (χ2v) is 11.7. The molecule has 2 saturated heterocycles. The normalized spacial score (nSPS) is 19.3. The Labute approximate surface area is 257 Å². The van der Waals surface area contributed by atoms with E-state index >= 15 is 0 Å². The summed E-state index contributed by atoms with van der Waals surface area (Å²) in [5.41, 5.74) is 3.85. The Morgan fingerprint density at radius 1 is 1.07 bits per heavy atom. The van der Waals surface area contributed by atoms with Crippen molar-refractivity contribution in [1.82, 2.24) is 15.3 Å². The van der Waals surface area contributed by atoms with Crippen molar-refractivity contribution in [1.29, 1.82) is 0 Å². The Kier molecular flexibility index (Phi) is 8.55. The number of hydrogen-bond donors (Lipinski definition) is 3. The van der Waals surface area contributed by atoms with E-state index in [0.29, 0.717) is 45.0 Å². The largest absolute Gasteiger partial charge is 0.480 e. The lowest BCUT2D eigenvalue weighted by Gasteiger charge is -2.39. The van der Waals surface area contributed by atoms with E-state index in [1.54, 1.807) is 0 Å². The van der Waals surface area contributed by atoms with Crippen LogP contribution < -0.4 is 20.7 Å². The molecule has 2 atom stereocenters.